The molecule has 2 rings (SSSR count). The van der Waals surface area contributed by atoms with E-state index in [0.29, 0.717) is 0 Å². The normalized spacial score (nSPS) is 20.5. The summed E-state index contributed by atoms with van der Waals surface area (Å²) in [5.41, 5.74) is 0.939. The summed E-state index contributed by atoms with van der Waals surface area (Å²) >= 11 is 0. The minimum absolute atomic E-state index is 0.0797. The van der Waals surface area contributed by atoms with Gasteiger partial charge in [0.2, 0.25) is 0 Å². The second-order valence-corrected chi connectivity index (χ2v) is 4.76. The lowest BCUT2D eigenvalue weighted by Gasteiger charge is -2.23. The summed E-state index contributed by atoms with van der Waals surface area (Å²) in [6.45, 7) is 6.17. The van der Waals surface area contributed by atoms with E-state index in [0.717, 1.165) is 11.3 Å². The van der Waals surface area contributed by atoms with Crippen LogP contribution in [-0.2, 0) is 4.79 Å². The van der Waals surface area contributed by atoms with Crippen LogP contribution in [0.1, 0.15) is 32.3 Å². The van der Waals surface area contributed by atoms with E-state index in [1.807, 2.05) is 24.3 Å². The van der Waals surface area contributed by atoms with Gasteiger partial charge < -0.3 is 4.74 Å². The number of fused-ring (bicyclic) bond motifs is 1. The fourth-order valence-electron chi connectivity index (χ4n) is 1.93. The first kappa shape index (κ1) is 9.25. The van der Waals surface area contributed by atoms with Crippen molar-refractivity contribution >= 4 is 5.97 Å². The molecule has 0 aliphatic carbocycles. The molecule has 0 N–H and O–H groups in total. The van der Waals surface area contributed by atoms with Gasteiger partial charge >= 0.3 is 5.97 Å². The Hall–Kier alpha value is -1.31. The maximum absolute atomic E-state index is 11.7. The summed E-state index contributed by atoms with van der Waals surface area (Å²) in [6.07, 6.45) is 0. The fraction of sp³-hybridized carbons (Fsp3) is 0.417. The van der Waals surface area contributed by atoms with Crippen molar-refractivity contribution in [2.24, 2.45) is 5.41 Å². The van der Waals surface area contributed by atoms with Crippen LogP contribution in [0.3, 0.4) is 0 Å². The van der Waals surface area contributed by atoms with Gasteiger partial charge in [0, 0.05) is 5.56 Å². The first-order chi connectivity index (χ1) is 6.50. The average molecular weight is 190 g/mol. The summed E-state index contributed by atoms with van der Waals surface area (Å²) in [7, 11) is 0. The topological polar surface area (TPSA) is 26.3 Å². The van der Waals surface area contributed by atoms with E-state index < -0.39 is 0 Å². The zero-order valence-electron chi connectivity index (χ0n) is 8.70. The summed E-state index contributed by atoms with van der Waals surface area (Å²) in [6, 6.07) is 7.64. The van der Waals surface area contributed by atoms with Crippen LogP contribution in [0.2, 0.25) is 0 Å². The van der Waals surface area contributed by atoms with E-state index in [-0.39, 0.29) is 17.3 Å². The van der Waals surface area contributed by atoms with Crippen LogP contribution >= 0.6 is 0 Å². The van der Waals surface area contributed by atoms with Gasteiger partial charge in [0.25, 0.3) is 0 Å². The number of para-hydroxylation sites is 1. The van der Waals surface area contributed by atoms with Gasteiger partial charge in [-0.25, -0.2) is 0 Å². The lowest BCUT2D eigenvalue weighted by atomic mass is 9.77. The SMILES string of the molecule is CC(C)(C)C1C(=O)Oc2ccccc21. The van der Waals surface area contributed by atoms with E-state index in [1.165, 1.54) is 0 Å². The molecule has 0 aromatic heterocycles. The van der Waals surface area contributed by atoms with E-state index in [4.69, 9.17) is 4.74 Å². The first-order valence-electron chi connectivity index (χ1n) is 4.81. The second kappa shape index (κ2) is 2.84. The van der Waals surface area contributed by atoms with Gasteiger partial charge in [-0.2, -0.15) is 0 Å². The first-order valence-corrected chi connectivity index (χ1v) is 4.81. The van der Waals surface area contributed by atoms with Crippen LogP contribution < -0.4 is 4.74 Å². The van der Waals surface area contributed by atoms with Gasteiger partial charge in [-0.1, -0.05) is 39.0 Å². The molecule has 0 saturated carbocycles. The molecule has 0 spiro atoms. The number of rotatable bonds is 0. The van der Waals surface area contributed by atoms with Gasteiger partial charge in [0.1, 0.15) is 5.75 Å². The predicted molar refractivity (Wildman–Crippen MR) is 54.3 cm³/mol. The number of esters is 1. The summed E-state index contributed by atoms with van der Waals surface area (Å²) in [4.78, 5) is 11.7. The Bertz CT molecular complexity index is 374. The zero-order chi connectivity index (χ0) is 10.3. The molecule has 1 aromatic rings. The summed E-state index contributed by atoms with van der Waals surface area (Å²) in [5.74, 6) is 0.467. The standard InChI is InChI=1S/C12H14O2/c1-12(2,3)10-8-6-4-5-7-9(8)14-11(10)13/h4-7,10H,1-3H3. The summed E-state index contributed by atoms with van der Waals surface area (Å²) < 4.78 is 5.21. The van der Waals surface area contributed by atoms with E-state index in [1.54, 1.807) is 0 Å². The molecule has 1 aromatic carbocycles. The molecule has 14 heavy (non-hydrogen) atoms. The molecule has 0 amide bonds. The van der Waals surface area contributed by atoms with Crippen molar-refractivity contribution in [1.29, 1.82) is 0 Å². The van der Waals surface area contributed by atoms with Gasteiger partial charge in [0.05, 0.1) is 5.92 Å². The maximum Gasteiger partial charge on any atom is 0.319 e. The van der Waals surface area contributed by atoms with Crippen molar-refractivity contribution < 1.29 is 9.53 Å². The van der Waals surface area contributed by atoms with Crippen molar-refractivity contribution in [3.8, 4) is 5.75 Å². The molecule has 1 atom stereocenters. The van der Waals surface area contributed by atoms with Crippen molar-refractivity contribution in [1.82, 2.24) is 0 Å². The number of ether oxygens (including phenoxy) is 1. The Kier molecular flexibility index (Phi) is 1.88. The van der Waals surface area contributed by atoms with Crippen molar-refractivity contribution in [3.05, 3.63) is 29.8 Å². The minimum Gasteiger partial charge on any atom is -0.426 e. The van der Waals surface area contributed by atoms with E-state index >= 15 is 0 Å². The smallest absolute Gasteiger partial charge is 0.319 e. The van der Waals surface area contributed by atoms with Crippen molar-refractivity contribution in [2.45, 2.75) is 26.7 Å². The Balaban J connectivity index is 2.50. The molecule has 0 radical (unpaired) electrons. The van der Waals surface area contributed by atoms with Gasteiger partial charge in [-0.3, -0.25) is 4.79 Å². The number of carbonyl (C=O) groups is 1. The Morgan fingerprint density at radius 1 is 1.21 bits per heavy atom. The molecule has 0 bridgehead atoms. The monoisotopic (exact) mass is 190 g/mol. The molecular weight excluding hydrogens is 176 g/mol. The predicted octanol–water partition coefficient (Wildman–Crippen LogP) is 2.74. The quantitative estimate of drug-likeness (QED) is 0.464. The highest BCUT2D eigenvalue weighted by molar-refractivity contribution is 5.86. The molecular formula is C12H14O2. The van der Waals surface area contributed by atoms with E-state index in [9.17, 15) is 4.79 Å². The molecule has 0 fully saturated rings. The van der Waals surface area contributed by atoms with Crippen LogP contribution in [0.15, 0.2) is 24.3 Å². The number of carbonyl (C=O) groups excluding carboxylic acids is 1. The fourth-order valence-corrected chi connectivity index (χ4v) is 1.93. The number of hydrogen-bond donors (Lipinski definition) is 0. The lowest BCUT2D eigenvalue weighted by molar-refractivity contribution is -0.136. The molecule has 1 aliphatic heterocycles. The average Bonchev–Trinajstić information content (AvgIpc) is 2.38. The Morgan fingerprint density at radius 3 is 2.50 bits per heavy atom. The molecule has 1 unspecified atom stereocenters. The van der Waals surface area contributed by atoms with Crippen molar-refractivity contribution in [3.63, 3.8) is 0 Å². The van der Waals surface area contributed by atoms with Gasteiger partial charge in [-0.05, 0) is 11.5 Å². The minimum atomic E-state index is -0.126. The third kappa shape index (κ3) is 1.31. The third-order valence-corrected chi connectivity index (χ3v) is 2.54. The van der Waals surface area contributed by atoms with Crippen LogP contribution in [0.25, 0.3) is 0 Å². The molecule has 2 heteroatoms. The van der Waals surface area contributed by atoms with Gasteiger partial charge in [0.15, 0.2) is 0 Å². The largest absolute Gasteiger partial charge is 0.426 e. The van der Waals surface area contributed by atoms with Crippen LogP contribution in [-0.4, -0.2) is 5.97 Å². The second-order valence-electron chi connectivity index (χ2n) is 4.76. The third-order valence-electron chi connectivity index (χ3n) is 2.54. The van der Waals surface area contributed by atoms with Crippen LogP contribution in [0.4, 0.5) is 0 Å². The lowest BCUT2D eigenvalue weighted by Crippen LogP contribution is -2.24. The number of benzene rings is 1. The zero-order valence-corrected chi connectivity index (χ0v) is 8.70. The number of hydrogen-bond acceptors (Lipinski definition) is 2. The summed E-state index contributed by atoms with van der Waals surface area (Å²) in [5, 5.41) is 0. The van der Waals surface area contributed by atoms with Gasteiger partial charge in [-0.15, -0.1) is 0 Å². The highest BCUT2D eigenvalue weighted by Gasteiger charge is 2.40. The maximum atomic E-state index is 11.7. The van der Waals surface area contributed by atoms with E-state index in [2.05, 4.69) is 20.8 Å². The molecule has 74 valence electrons. The highest BCUT2D eigenvalue weighted by Crippen LogP contribution is 2.44. The van der Waals surface area contributed by atoms with Crippen LogP contribution in [0.5, 0.6) is 5.75 Å². The highest BCUT2D eigenvalue weighted by atomic mass is 16.5. The molecule has 1 aliphatic rings. The van der Waals surface area contributed by atoms with Crippen LogP contribution in [0, 0.1) is 5.41 Å². The molecule has 1 heterocycles. The van der Waals surface area contributed by atoms with Crippen molar-refractivity contribution in [2.75, 3.05) is 0 Å². The Labute approximate surface area is 83.9 Å². The Morgan fingerprint density at radius 2 is 1.86 bits per heavy atom. The molecule has 0 saturated heterocycles. The molecule has 2 nitrogen and oxygen atoms in total.